The van der Waals surface area contributed by atoms with E-state index in [1.54, 1.807) is 0 Å². The van der Waals surface area contributed by atoms with Gasteiger partial charge in [-0.3, -0.25) is 0 Å². The molecule has 0 spiro atoms. The first-order valence-electron chi connectivity index (χ1n) is 4.83. The van der Waals surface area contributed by atoms with Crippen LogP contribution in [0.15, 0.2) is 0 Å². The summed E-state index contributed by atoms with van der Waals surface area (Å²) in [5.41, 5.74) is 0. The van der Waals surface area contributed by atoms with E-state index in [9.17, 15) is 13.2 Å². The van der Waals surface area contributed by atoms with E-state index >= 15 is 0 Å². The van der Waals surface area contributed by atoms with Gasteiger partial charge in [0, 0.05) is 6.42 Å². The van der Waals surface area contributed by atoms with Crippen molar-refractivity contribution in [3.8, 4) is 0 Å². The summed E-state index contributed by atoms with van der Waals surface area (Å²) in [7, 11) is 0. The smallest absolute Gasteiger partial charge is 0.317 e. The number of alkyl halides is 3. The van der Waals surface area contributed by atoms with Crippen LogP contribution in [0.3, 0.4) is 0 Å². The van der Waals surface area contributed by atoms with Crippen LogP contribution in [-0.4, -0.2) is 19.3 Å². The molecule has 0 fully saturated rings. The molecule has 1 nitrogen and oxygen atoms in total. The third-order valence-electron chi connectivity index (χ3n) is 1.24. The normalized spacial score (nSPS) is 10.6. The lowest BCUT2D eigenvalue weighted by Crippen LogP contribution is -2.18. The molecule has 0 saturated carbocycles. The van der Waals surface area contributed by atoms with Crippen molar-refractivity contribution < 1.29 is 13.2 Å². The minimum Gasteiger partial charge on any atom is -0.317 e. The predicted octanol–water partition coefficient (Wildman–Crippen LogP) is 3.35. The molecule has 0 amide bonds. The zero-order valence-corrected chi connectivity index (χ0v) is 8.67. The lowest BCUT2D eigenvalue weighted by molar-refractivity contribution is -0.135. The molecule has 0 aromatic carbocycles. The Morgan fingerprint density at radius 1 is 1.08 bits per heavy atom. The molecule has 0 saturated heterocycles. The van der Waals surface area contributed by atoms with Gasteiger partial charge >= 0.3 is 6.18 Å². The van der Waals surface area contributed by atoms with Crippen LogP contribution in [0.25, 0.3) is 0 Å². The Hall–Kier alpha value is -0.250. The van der Waals surface area contributed by atoms with Crippen LogP contribution in [0.4, 0.5) is 13.2 Å². The molecule has 0 aliphatic carbocycles. The Labute approximate surface area is 78.7 Å². The number of halogens is 3. The summed E-state index contributed by atoms with van der Waals surface area (Å²) in [5.74, 6) is 0. The van der Waals surface area contributed by atoms with Gasteiger partial charge in [0.2, 0.25) is 0 Å². The summed E-state index contributed by atoms with van der Waals surface area (Å²) in [5, 5.41) is 2.91. The molecule has 0 unspecified atom stereocenters. The Morgan fingerprint density at radius 3 is 2.00 bits per heavy atom. The second kappa shape index (κ2) is 9.84. The average Bonchev–Trinajstić information content (AvgIpc) is 2.06. The molecule has 0 rings (SSSR count). The molecule has 0 atom stereocenters. The molecule has 1 N–H and O–H groups in total. The summed E-state index contributed by atoms with van der Waals surface area (Å²) in [6.07, 6.45) is -3.52. The zero-order valence-electron chi connectivity index (χ0n) is 8.67. The molecule has 0 aromatic heterocycles. The monoisotopic (exact) mass is 199 g/mol. The first kappa shape index (κ1) is 15.2. The molecule has 13 heavy (non-hydrogen) atoms. The maximum absolute atomic E-state index is 11.5. The van der Waals surface area contributed by atoms with Gasteiger partial charge in [0.1, 0.15) is 0 Å². The van der Waals surface area contributed by atoms with Crippen molar-refractivity contribution in [2.75, 3.05) is 13.1 Å². The SMILES string of the molecule is CC.CCCNCCCC(F)(F)F. The number of rotatable bonds is 5. The van der Waals surface area contributed by atoms with Crippen molar-refractivity contribution in [2.45, 2.75) is 46.2 Å². The van der Waals surface area contributed by atoms with Gasteiger partial charge in [0.25, 0.3) is 0 Å². The van der Waals surface area contributed by atoms with E-state index in [0.717, 1.165) is 13.0 Å². The van der Waals surface area contributed by atoms with Crippen LogP contribution in [0, 0.1) is 0 Å². The largest absolute Gasteiger partial charge is 0.389 e. The standard InChI is InChI=1S/C7H14F3N.C2H6/c1-2-5-11-6-3-4-7(8,9)10;1-2/h11H,2-6H2,1H3;1-2H3. The Bertz CT molecular complexity index is 91.4. The van der Waals surface area contributed by atoms with Crippen LogP contribution >= 0.6 is 0 Å². The second-order valence-corrected chi connectivity index (χ2v) is 2.47. The van der Waals surface area contributed by atoms with Gasteiger partial charge in [-0.2, -0.15) is 13.2 Å². The van der Waals surface area contributed by atoms with Crippen LogP contribution in [0.5, 0.6) is 0 Å². The van der Waals surface area contributed by atoms with Crippen molar-refractivity contribution in [3.63, 3.8) is 0 Å². The van der Waals surface area contributed by atoms with Crippen molar-refractivity contribution in [1.82, 2.24) is 5.32 Å². The topological polar surface area (TPSA) is 12.0 Å². The average molecular weight is 199 g/mol. The van der Waals surface area contributed by atoms with Crippen molar-refractivity contribution in [1.29, 1.82) is 0 Å². The van der Waals surface area contributed by atoms with E-state index in [-0.39, 0.29) is 6.42 Å². The maximum atomic E-state index is 11.5. The Balaban J connectivity index is 0. The van der Waals surface area contributed by atoms with E-state index in [2.05, 4.69) is 5.32 Å². The summed E-state index contributed by atoms with van der Waals surface area (Å²) in [4.78, 5) is 0. The zero-order chi connectivity index (χ0) is 10.7. The molecule has 4 heteroatoms. The Morgan fingerprint density at radius 2 is 1.62 bits per heavy atom. The fourth-order valence-electron chi connectivity index (χ4n) is 0.716. The molecular weight excluding hydrogens is 179 g/mol. The van der Waals surface area contributed by atoms with E-state index in [4.69, 9.17) is 0 Å². The van der Waals surface area contributed by atoms with E-state index in [0.29, 0.717) is 6.54 Å². The highest BCUT2D eigenvalue weighted by Gasteiger charge is 2.25. The lowest BCUT2D eigenvalue weighted by atomic mass is 10.3. The molecule has 0 radical (unpaired) electrons. The summed E-state index contributed by atoms with van der Waals surface area (Å²) in [6.45, 7) is 7.25. The van der Waals surface area contributed by atoms with Crippen LogP contribution in [-0.2, 0) is 0 Å². The van der Waals surface area contributed by atoms with Gasteiger partial charge in [-0.25, -0.2) is 0 Å². The molecule has 82 valence electrons. The molecule has 0 bridgehead atoms. The molecule has 0 heterocycles. The summed E-state index contributed by atoms with van der Waals surface area (Å²) < 4.78 is 34.6. The van der Waals surface area contributed by atoms with Crippen LogP contribution in [0.1, 0.15) is 40.0 Å². The Kier molecular flexibility index (Phi) is 11.5. The summed E-state index contributed by atoms with van der Waals surface area (Å²) >= 11 is 0. The van der Waals surface area contributed by atoms with Crippen LogP contribution < -0.4 is 5.32 Å². The van der Waals surface area contributed by atoms with Gasteiger partial charge in [0.15, 0.2) is 0 Å². The highest BCUT2D eigenvalue weighted by atomic mass is 19.4. The van der Waals surface area contributed by atoms with Gasteiger partial charge in [-0.1, -0.05) is 20.8 Å². The van der Waals surface area contributed by atoms with Crippen molar-refractivity contribution >= 4 is 0 Å². The summed E-state index contributed by atoms with van der Waals surface area (Å²) in [6, 6.07) is 0. The number of hydrogen-bond donors (Lipinski definition) is 1. The fraction of sp³-hybridized carbons (Fsp3) is 1.00. The number of hydrogen-bond acceptors (Lipinski definition) is 1. The van der Waals surface area contributed by atoms with Gasteiger partial charge in [-0.15, -0.1) is 0 Å². The third kappa shape index (κ3) is 18.6. The highest BCUT2D eigenvalue weighted by molar-refractivity contribution is 4.53. The van der Waals surface area contributed by atoms with E-state index in [1.165, 1.54) is 0 Å². The van der Waals surface area contributed by atoms with Gasteiger partial charge < -0.3 is 5.32 Å². The minimum absolute atomic E-state index is 0.184. The van der Waals surface area contributed by atoms with E-state index < -0.39 is 12.6 Å². The first-order chi connectivity index (χ1) is 6.06. The van der Waals surface area contributed by atoms with Gasteiger partial charge in [0.05, 0.1) is 0 Å². The second-order valence-electron chi connectivity index (χ2n) is 2.47. The lowest BCUT2D eigenvalue weighted by Gasteiger charge is -2.05. The maximum Gasteiger partial charge on any atom is 0.389 e. The predicted molar refractivity (Wildman–Crippen MR) is 49.8 cm³/mol. The quantitative estimate of drug-likeness (QED) is 0.669. The molecule has 0 aromatic rings. The minimum atomic E-state index is -3.99. The van der Waals surface area contributed by atoms with Crippen molar-refractivity contribution in [3.05, 3.63) is 0 Å². The van der Waals surface area contributed by atoms with E-state index in [1.807, 2.05) is 20.8 Å². The third-order valence-corrected chi connectivity index (χ3v) is 1.24. The molecular formula is C9H20F3N. The fourth-order valence-corrected chi connectivity index (χ4v) is 0.716. The van der Waals surface area contributed by atoms with Crippen LogP contribution in [0.2, 0.25) is 0 Å². The number of nitrogens with one attached hydrogen (secondary N) is 1. The molecule has 0 aliphatic heterocycles. The van der Waals surface area contributed by atoms with Crippen molar-refractivity contribution in [2.24, 2.45) is 0 Å². The molecule has 0 aliphatic rings. The highest BCUT2D eigenvalue weighted by Crippen LogP contribution is 2.20. The first-order valence-corrected chi connectivity index (χ1v) is 4.83. The van der Waals surface area contributed by atoms with Gasteiger partial charge in [-0.05, 0) is 25.9 Å².